The Morgan fingerprint density at radius 1 is 1.24 bits per heavy atom. The minimum absolute atomic E-state index is 0.236. The van der Waals surface area contributed by atoms with E-state index in [-0.39, 0.29) is 5.75 Å². The van der Waals surface area contributed by atoms with Gasteiger partial charge < -0.3 is 10.1 Å². The molecule has 3 nitrogen and oxygen atoms in total. The largest absolute Gasteiger partial charge is 0.573 e. The van der Waals surface area contributed by atoms with E-state index in [0.717, 1.165) is 29.9 Å². The van der Waals surface area contributed by atoms with Crippen LogP contribution in [0.3, 0.4) is 0 Å². The van der Waals surface area contributed by atoms with Crippen molar-refractivity contribution in [3.63, 3.8) is 0 Å². The van der Waals surface area contributed by atoms with E-state index in [1.54, 1.807) is 6.07 Å². The van der Waals surface area contributed by atoms with E-state index in [9.17, 15) is 13.2 Å². The fraction of sp³-hybridized carbons (Fsp3) is 0.400. The summed E-state index contributed by atoms with van der Waals surface area (Å²) >= 11 is 0. The first-order valence-electron chi connectivity index (χ1n) is 6.72. The molecule has 0 amide bonds. The van der Waals surface area contributed by atoms with Crippen LogP contribution in [0.1, 0.15) is 24.6 Å². The molecule has 0 aliphatic rings. The number of aryl methyl sites for hydroxylation is 1. The quantitative estimate of drug-likeness (QED) is 0.897. The number of aromatic nitrogens is 1. The molecule has 0 aliphatic heterocycles. The fourth-order valence-electron chi connectivity index (χ4n) is 2.14. The molecule has 0 bridgehead atoms. The molecule has 1 heterocycles. The molecule has 6 heteroatoms. The van der Waals surface area contributed by atoms with E-state index in [4.69, 9.17) is 0 Å². The smallest absolute Gasteiger partial charge is 0.406 e. The Morgan fingerprint density at radius 2 is 1.95 bits per heavy atom. The predicted molar refractivity (Wildman–Crippen MR) is 76.7 cm³/mol. The normalized spacial score (nSPS) is 11.7. The van der Waals surface area contributed by atoms with Gasteiger partial charge in [-0.1, -0.05) is 6.92 Å². The van der Waals surface area contributed by atoms with E-state index < -0.39 is 6.36 Å². The minimum Gasteiger partial charge on any atom is -0.406 e. The van der Waals surface area contributed by atoms with Crippen LogP contribution >= 0.6 is 0 Å². The van der Waals surface area contributed by atoms with Crippen LogP contribution in [0.15, 0.2) is 18.2 Å². The second kappa shape index (κ2) is 5.79. The van der Waals surface area contributed by atoms with Gasteiger partial charge in [-0.15, -0.1) is 13.2 Å². The SMILES string of the molecule is CCCNc1c(C)c(C)nc2ccc(OC(F)(F)F)cc12. The van der Waals surface area contributed by atoms with E-state index >= 15 is 0 Å². The zero-order chi connectivity index (χ0) is 15.6. The van der Waals surface area contributed by atoms with Crippen molar-refractivity contribution < 1.29 is 17.9 Å². The highest BCUT2D eigenvalue weighted by Gasteiger charge is 2.31. The molecule has 0 fully saturated rings. The zero-order valence-electron chi connectivity index (χ0n) is 12.1. The molecule has 2 aromatic rings. The fourth-order valence-corrected chi connectivity index (χ4v) is 2.14. The number of hydrogen-bond donors (Lipinski definition) is 1. The first-order chi connectivity index (χ1) is 9.81. The lowest BCUT2D eigenvalue weighted by atomic mass is 10.1. The Bertz CT molecular complexity index is 653. The summed E-state index contributed by atoms with van der Waals surface area (Å²) in [6.45, 7) is 6.55. The summed E-state index contributed by atoms with van der Waals surface area (Å²) in [5, 5.41) is 3.89. The van der Waals surface area contributed by atoms with E-state index in [0.29, 0.717) is 10.9 Å². The summed E-state index contributed by atoms with van der Waals surface area (Å²) in [4.78, 5) is 4.40. The summed E-state index contributed by atoms with van der Waals surface area (Å²) < 4.78 is 41.0. The van der Waals surface area contributed by atoms with Gasteiger partial charge in [-0.3, -0.25) is 4.98 Å². The molecule has 0 aliphatic carbocycles. The molecule has 0 spiro atoms. The van der Waals surface area contributed by atoms with Gasteiger partial charge in [-0.05, 0) is 44.0 Å². The van der Waals surface area contributed by atoms with Crippen molar-refractivity contribution in [3.05, 3.63) is 29.5 Å². The third-order valence-corrected chi connectivity index (χ3v) is 3.23. The number of ether oxygens (including phenoxy) is 1. The first-order valence-corrected chi connectivity index (χ1v) is 6.72. The molecule has 1 aromatic carbocycles. The Balaban J connectivity index is 2.55. The first kappa shape index (κ1) is 15.4. The van der Waals surface area contributed by atoms with Crippen molar-refractivity contribution in [3.8, 4) is 5.75 Å². The highest BCUT2D eigenvalue weighted by molar-refractivity contribution is 5.94. The van der Waals surface area contributed by atoms with E-state index in [1.165, 1.54) is 12.1 Å². The molecule has 0 saturated carbocycles. The van der Waals surface area contributed by atoms with Crippen LogP contribution < -0.4 is 10.1 Å². The molecule has 1 N–H and O–H groups in total. The third-order valence-electron chi connectivity index (χ3n) is 3.23. The van der Waals surface area contributed by atoms with Gasteiger partial charge in [0.2, 0.25) is 0 Å². The van der Waals surface area contributed by atoms with Crippen LogP contribution in [0.4, 0.5) is 18.9 Å². The third kappa shape index (κ3) is 3.56. The van der Waals surface area contributed by atoms with Crippen LogP contribution in [-0.2, 0) is 0 Å². The number of fused-ring (bicyclic) bond motifs is 1. The summed E-state index contributed by atoms with van der Waals surface area (Å²) in [6, 6.07) is 4.20. The summed E-state index contributed by atoms with van der Waals surface area (Å²) in [5.41, 5.74) is 3.24. The maximum atomic E-state index is 12.3. The average Bonchev–Trinajstić information content (AvgIpc) is 2.38. The lowest BCUT2D eigenvalue weighted by Crippen LogP contribution is -2.17. The molecule has 21 heavy (non-hydrogen) atoms. The zero-order valence-corrected chi connectivity index (χ0v) is 12.1. The summed E-state index contributed by atoms with van der Waals surface area (Å²) in [7, 11) is 0. The maximum Gasteiger partial charge on any atom is 0.573 e. The lowest BCUT2D eigenvalue weighted by molar-refractivity contribution is -0.274. The number of halogens is 3. The number of hydrogen-bond acceptors (Lipinski definition) is 3. The number of anilines is 1. The second-order valence-corrected chi connectivity index (χ2v) is 4.85. The van der Waals surface area contributed by atoms with Crippen molar-refractivity contribution in [1.82, 2.24) is 4.98 Å². The van der Waals surface area contributed by atoms with Gasteiger partial charge in [-0.25, -0.2) is 0 Å². The van der Waals surface area contributed by atoms with Gasteiger partial charge in [0, 0.05) is 23.3 Å². The molecule has 0 atom stereocenters. The Hall–Kier alpha value is -1.98. The predicted octanol–water partition coefficient (Wildman–Crippen LogP) is 4.57. The van der Waals surface area contributed by atoms with Crippen LogP contribution in [0.25, 0.3) is 10.9 Å². The molecular formula is C15H17F3N2O. The van der Waals surface area contributed by atoms with E-state index in [2.05, 4.69) is 15.0 Å². The van der Waals surface area contributed by atoms with Gasteiger partial charge in [0.15, 0.2) is 0 Å². The van der Waals surface area contributed by atoms with Gasteiger partial charge in [0.25, 0.3) is 0 Å². The molecule has 114 valence electrons. The Morgan fingerprint density at radius 3 is 2.57 bits per heavy atom. The second-order valence-electron chi connectivity index (χ2n) is 4.85. The maximum absolute atomic E-state index is 12.3. The van der Waals surface area contributed by atoms with Gasteiger partial charge in [0.1, 0.15) is 5.75 Å². The topological polar surface area (TPSA) is 34.2 Å². The molecular weight excluding hydrogens is 281 g/mol. The summed E-state index contributed by atoms with van der Waals surface area (Å²) in [6.07, 6.45) is -3.78. The van der Waals surface area contributed by atoms with Gasteiger partial charge in [-0.2, -0.15) is 0 Å². The van der Waals surface area contributed by atoms with Crippen LogP contribution in [0.2, 0.25) is 0 Å². The van der Waals surface area contributed by atoms with E-state index in [1.807, 2.05) is 20.8 Å². The number of rotatable bonds is 4. The minimum atomic E-state index is -4.70. The van der Waals surface area contributed by atoms with Crippen molar-refractivity contribution in [1.29, 1.82) is 0 Å². The molecule has 0 saturated heterocycles. The number of pyridine rings is 1. The number of nitrogens with zero attached hydrogens (tertiary/aromatic N) is 1. The Labute approximate surface area is 121 Å². The van der Waals surface area contributed by atoms with Crippen molar-refractivity contribution >= 4 is 16.6 Å². The summed E-state index contributed by atoms with van der Waals surface area (Å²) in [5.74, 6) is -0.236. The number of nitrogens with one attached hydrogen (secondary N) is 1. The van der Waals surface area contributed by atoms with Gasteiger partial charge >= 0.3 is 6.36 Å². The van der Waals surface area contributed by atoms with Crippen LogP contribution in [-0.4, -0.2) is 17.9 Å². The average molecular weight is 298 g/mol. The standard InChI is InChI=1S/C15H17F3N2O/c1-4-7-19-14-9(2)10(3)20-13-6-5-11(8-12(13)14)21-15(16,17)18/h5-6,8H,4,7H2,1-3H3,(H,19,20). The highest BCUT2D eigenvalue weighted by atomic mass is 19.4. The van der Waals surface area contributed by atoms with Crippen LogP contribution in [0.5, 0.6) is 5.75 Å². The highest BCUT2D eigenvalue weighted by Crippen LogP contribution is 2.32. The molecule has 0 unspecified atom stereocenters. The lowest BCUT2D eigenvalue weighted by Gasteiger charge is -2.15. The molecule has 0 radical (unpaired) electrons. The van der Waals surface area contributed by atoms with Crippen molar-refractivity contribution in [2.24, 2.45) is 0 Å². The van der Waals surface area contributed by atoms with Crippen LogP contribution in [0, 0.1) is 13.8 Å². The van der Waals surface area contributed by atoms with Gasteiger partial charge in [0.05, 0.1) is 5.52 Å². The number of alkyl halides is 3. The molecule has 1 aromatic heterocycles. The number of benzene rings is 1. The molecule has 2 rings (SSSR count). The van der Waals surface area contributed by atoms with Crippen molar-refractivity contribution in [2.45, 2.75) is 33.6 Å². The van der Waals surface area contributed by atoms with Crippen molar-refractivity contribution in [2.75, 3.05) is 11.9 Å². The monoisotopic (exact) mass is 298 g/mol. The Kier molecular flexibility index (Phi) is 4.25.